The Morgan fingerprint density at radius 3 is 2.59 bits per heavy atom. The van der Waals surface area contributed by atoms with Gasteiger partial charge in [0, 0.05) is 24.4 Å². The van der Waals surface area contributed by atoms with E-state index >= 15 is 0 Å². The number of benzene rings is 2. The number of anilines is 1. The summed E-state index contributed by atoms with van der Waals surface area (Å²) in [6, 6.07) is 12.0. The van der Waals surface area contributed by atoms with Gasteiger partial charge in [0.2, 0.25) is 11.8 Å². The van der Waals surface area contributed by atoms with Crippen LogP contribution in [-0.2, 0) is 20.8 Å². The second-order valence-corrected chi connectivity index (χ2v) is 8.57. The number of methoxy groups -OCH3 is 1. The highest BCUT2D eigenvalue weighted by Gasteiger charge is 2.35. The summed E-state index contributed by atoms with van der Waals surface area (Å²) in [5.41, 5.74) is 7.57. The Bertz CT molecular complexity index is 1100. The summed E-state index contributed by atoms with van der Waals surface area (Å²) in [5, 5.41) is 9.19. The van der Waals surface area contributed by atoms with Crippen molar-refractivity contribution in [2.75, 3.05) is 19.4 Å². The number of Topliss-reactive ketones (excluding diaryl/α,β-unsaturated/α-hetero) is 1. The molecule has 2 aromatic carbocycles. The molecule has 1 aliphatic rings. The molecule has 34 heavy (non-hydrogen) atoms. The first-order valence-corrected chi connectivity index (χ1v) is 11.4. The van der Waals surface area contributed by atoms with Crippen LogP contribution < -0.4 is 10.5 Å². The van der Waals surface area contributed by atoms with Gasteiger partial charge in [-0.05, 0) is 54.5 Å². The number of rotatable bonds is 8. The number of amides is 2. The van der Waals surface area contributed by atoms with E-state index < -0.39 is 17.8 Å². The maximum absolute atomic E-state index is 13.3. The highest BCUT2D eigenvalue weighted by atomic mass is 16.5. The number of hydrogen-bond acceptors (Lipinski definition) is 6. The number of ketones is 1. The van der Waals surface area contributed by atoms with Crippen LogP contribution in [0.4, 0.5) is 5.69 Å². The third-order valence-electron chi connectivity index (χ3n) is 6.37. The number of carboxylic acid groups (broad SMARTS) is 1. The molecule has 0 radical (unpaired) electrons. The standard InChI is InChI=1S/C26H30N2O6/c1-3-16(17-9-11-21(26(32)33)22(27)13-17)14-24(30)28-15-20(29)10-8-19(25(28)31)12-18-6-4-5-7-23(18)34-2/h4-7,9,11,13,16,19H,3,8,10,12,14-15,27H2,1-2H3,(H,32,33)/t16-,19-/m0/s1. The van der Waals surface area contributed by atoms with Crippen molar-refractivity contribution in [3.05, 3.63) is 59.2 Å². The average Bonchev–Trinajstić information content (AvgIpc) is 2.96. The first-order chi connectivity index (χ1) is 16.2. The molecular formula is C26H30N2O6. The molecule has 0 unspecified atom stereocenters. The number of ether oxygens (including phenoxy) is 1. The van der Waals surface area contributed by atoms with Crippen molar-refractivity contribution >= 4 is 29.3 Å². The molecule has 1 aliphatic heterocycles. The molecule has 180 valence electrons. The molecule has 0 aliphatic carbocycles. The molecule has 1 fully saturated rings. The van der Waals surface area contributed by atoms with Gasteiger partial charge in [-0.3, -0.25) is 19.3 Å². The molecule has 0 spiro atoms. The molecule has 3 N–H and O–H groups in total. The van der Waals surface area contributed by atoms with Crippen LogP contribution in [0.2, 0.25) is 0 Å². The number of nitrogens with two attached hydrogens (primary N) is 1. The Morgan fingerprint density at radius 2 is 1.94 bits per heavy atom. The molecule has 2 amide bonds. The zero-order valence-corrected chi connectivity index (χ0v) is 19.5. The monoisotopic (exact) mass is 466 g/mol. The van der Waals surface area contributed by atoms with Gasteiger partial charge in [-0.2, -0.15) is 0 Å². The van der Waals surface area contributed by atoms with Crippen LogP contribution >= 0.6 is 0 Å². The molecule has 1 heterocycles. The number of carbonyl (C=O) groups excluding carboxylic acids is 3. The van der Waals surface area contributed by atoms with Gasteiger partial charge in [0.05, 0.1) is 19.2 Å². The third kappa shape index (κ3) is 5.62. The highest BCUT2D eigenvalue weighted by Crippen LogP contribution is 2.30. The van der Waals surface area contributed by atoms with Gasteiger partial charge in [-0.15, -0.1) is 0 Å². The second kappa shape index (κ2) is 11.0. The average molecular weight is 467 g/mol. The number of nitrogens with zero attached hydrogens (tertiary/aromatic N) is 1. The van der Waals surface area contributed by atoms with Gasteiger partial charge >= 0.3 is 5.97 Å². The lowest BCUT2D eigenvalue weighted by Crippen LogP contribution is -2.42. The van der Waals surface area contributed by atoms with Crippen molar-refractivity contribution in [1.82, 2.24) is 4.90 Å². The van der Waals surface area contributed by atoms with Crippen LogP contribution in [0.1, 0.15) is 60.0 Å². The summed E-state index contributed by atoms with van der Waals surface area (Å²) >= 11 is 0. The maximum Gasteiger partial charge on any atom is 0.337 e. The van der Waals surface area contributed by atoms with Gasteiger partial charge in [-0.25, -0.2) is 4.79 Å². The minimum atomic E-state index is -1.12. The summed E-state index contributed by atoms with van der Waals surface area (Å²) in [6.07, 6.45) is 1.59. The predicted octanol–water partition coefficient (Wildman–Crippen LogP) is 3.44. The van der Waals surface area contributed by atoms with E-state index in [1.165, 1.54) is 6.07 Å². The zero-order chi connectivity index (χ0) is 24.8. The minimum absolute atomic E-state index is 0.00240. The van der Waals surface area contributed by atoms with E-state index in [1.54, 1.807) is 19.2 Å². The van der Waals surface area contributed by atoms with Gasteiger partial charge in [0.15, 0.2) is 5.78 Å². The largest absolute Gasteiger partial charge is 0.496 e. The molecule has 0 aromatic heterocycles. The topological polar surface area (TPSA) is 127 Å². The fourth-order valence-electron chi connectivity index (χ4n) is 4.40. The molecule has 0 saturated carbocycles. The number of imide groups is 1. The zero-order valence-electron chi connectivity index (χ0n) is 19.5. The summed E-state index contributed by atoms with van der Waals surface area (Å²) in [6.45, 7) is 1.68. The number of nitrogen functional groups attached to an aromatic ring is 1. The minimum Gasteiger partial charge on any atom is -0.496 e. The summed E-state index contributed by atoms with van der Waals surface area (Å²) in [7, 11) is 1.56. The number of carbonyl (C=O) groups is 4. The number of hydrogen-bond donors (Lipinski definition) is 2. The number of likely N-dealkylation sites (tertiary alicyclic amines) is 1. The van der Waals surface area contributed by atoms with Gasteiger partial charge in [0.25, 0.3) is 0 Å². The first kappa shape index (κ1) is 25.0. The summed E-state index contributed by atoms with van der Waals surface area (Å²) in [5.74, 6) is -2.14. The molecule has 3 rings (SSSR count). The number of aromatic carboxylic acids is 1. The fraction of sp³-hybridized carbons (Fsp3) is 0.385. The van der Waals surface area contributed by atoms with E-state index in [4.69, 9.17) is 10.5 Å². The van der Waals surface area contributed by atoms with Crippen molar-refractivity contribution in [2.45, 2.75) is 44.9 Å². The SMILES string of the molecule is CC[C@@H](CC(=O)N1CC(=O)CC[C@@H](Cc2ccccc2OC)C1=O)c1ccc(C(=O)O)c(N)c1. The van der Waals surface area contributed by atoms with Crippen molar-refractivity contribution < 1.29 is 29.0 Å². The van der Waals surface area contributed by atoms with E-state index in [2.05, 4.69) is 0 Å². The molecule has 0 bridgehead atoms. The van der Waals surface area contributed by atoms with E-state index in [-0.39, 0.29) is 48.2 Å². The van der Waals surface area contributed by atoms with Crippen molar-refractivity contribution in [1.29, 1.82) is 0 Å². The van der Waals surface area contributed by atoms with Crippen LogP contribution in [0.15, 0.2) is 42.5 Å². The predicted molar refractivity (Wildman–Crippen MR) is 127 cm³/mol. The van der Waals surface area contributed by atoms with Crippen LogP contribution in [0.3, 0.4) is 0 Å². The van der Waals surface area contributed by atoms with Crippen LogP contribution in [0, 0.1) is 5.92 Å². The second-order valence-electron chi connectivity index (χ2n) is 8.57. The van der Waals surface area contributed by atoms with E-state index in [0.29, 0.717) is 25.0 Å². The van der Waals surface area contributed by atoms with Crippen molar-refractivity contribution in [3.63, 3.8) is 0 Å². The molecule has 2 atom stereocenters. The summed E-state index contributed by atoms with van der Waals surface area (Å²) in [4.78, 5) is 51.3. The molecular weight excluding hydrogens is 436 g/mol. The number of para-hydroxylation sites is 1. The lowest BCUT2D eigenvalue weighted by molar-refractivity contribution is -0.148. The Balaban J connectivity index is 1.79. The third-order valence-corrected chi connectivity index (χ3v) is 6.37. The van der Waals surface area contributed by atoms with E-state index in [1.807, 2.05) is 31.2 Å². The normalized spacial score (nSPS) is 17.2. The maximum atomic E-state index is 13.3. The fourth-order valence-corrected chi connectivity index (χ4v) is 4.40. The molecule has 1 saturated heterocycles. The van der Waals surface area contributed by atoms with Gasteiger partial charge in [0.1, 0.15) is 5.75 Å². The van der Waals surface area contributed by atoms with Gasteiger partial charge in [-0.1, -0.05) is 31.2 Å². The van der Waals surface area contributed by atoms with Crippen molar-refractivity contribution in [3.8, 4) is 5.75 Å². The Kier molecular flexibility index (Phi) is 8.04. The van der Waals surface area contributed by atoms with E-state index in [0.717, 1.165) is 16.0 Å². The van der Waals surface area contributed by atoms with Gasteiger partial charge < -0.3 is 15.6 Å². The smallest absolute Gasteiger partial charge is 0.337 e. The lowest BCUT2D eigenvalue weighted by atomic mass is 9.90. The van der Waals surface area contributed by atoms with E-state index in [9.17, 15) is 24.3 Å². The molecule has 2 aromatic rings. The number of carboxylic acids is 1. The van der Waals surface area contributed by atoms with Crippen molar-refractivity contribution in [2.24, 2.45) is 5.92 Å². The highest BCUT2D eigenvalue weighted by molar-refractivity contribution is 6.02. The van der Waals surface area contributed by atoms with Crippen LogP contribution in [0.25, 0.3) is 0 Å². The summed E-state index contributed by atoms with van der Waals surface area (Å²) < 4.78 is 5.39. The Hall–Kier alpha value is -3.68. The quantitative estimate of drug-likeness (QED) is 0.571. The van der Waals surface area contributed by atoms with Crippen LogP contribution in [-0.4, -0.2) is 47.2 Å². The first-order valence-electron chi connectivity index (χ1n) is 11.4. The van der Waals surface area contributed by atoms with Crippen LogP contribution in [0.5, 0.6) is 5.75 Å². The molecule has 8 heteroatoms. The Morgan fingerprint density at radius 1 is 1.21 bits per heavy atom. The molecule has 8 nitrogen and oxygen atoms in total. The lowest BCUT2D eigenvalue weighted by Gasteiger charge is -2.25. The Labute approximate surface area is 198 Å².